The maximum absolute atomic E-state index is 13.1. The van der Waals surface area contributed by atoms with E-state index in [1.165, 1.54) is 10.9 Å². The summed E-state index contributed by atoms with van der Waals surface area (Å²) in [6.07, 6.45) is 0. The Morgan fingerprint density at radius 3 is 2.84 bits per heavy atom. The second-order valence-corrected chi connectivity index (χ2v) is 5.57. The number of hydrogen-bond donors (Lipinski definition) is 1. The van der Waals surface area contributed by atoms with Gasteiger partial charge in [-0.1, -0.05) is 12.1 Å². The molecule has 0 saturated heterocycles. The van der Waals surface area contributed by atoms with E-state index in [1.54, 1.807) is 23.5 Å². The van der Waals surface area contributed by atoms with E-state index in [1.807, 2.05) is 13.1 Å². The normalized spacial score (nSPS) is 12.4. The van der Waals surface area contributed by atoms with Crippen LogP contribution in [-0.2, 0) is 0 Å². The summed E-state index contributed by atoms with van der Waals surface area (Å²) in [5, 5.41) is 5.56. The predicted octanol–water partition coefficient (Wildman–Crippen LogP) is 3.67. The summed E-state index contributed by atoms with van der Waals surface area (Å²) in [5.41, 5.74) is 0.908. The van der Waals surface area contributed by atoms with Crippen LogP contribution in [0.1, 0.15) is 17.8 Å². The number of hydrogen-bond acceptors (Lipinski definition) is 3. The lowest BCUT2D eigenvalue weighted by molar-refractivity contribution is 0.583. The van der Waals surface area contributed by atoms with Gasteiger partial charge in [-0.05, 0) is 36.6 Å². The van der Waals surface area contributed by atoms with Crippen molar-refractivity contribution in [1.29, 1.82) is 0 Å². The molecule has 0 saturated carbocycles. The third kappa shape index (κ3) is 4.04. The topological polar surface area (TPSA) is 15.3 Å². The van der Waals surface area contributed by atoms with Crippen LogP contribution in [0.5, 0.6) is 0 Å². The Hall–Kier alpha value is -1.39. The smallest absolute Gasteiger partial charge is 0.125 e. The first kappa shape index (κ1) is 14.0. The fourth-order valence-electron chi connectivity index (χ4n) is 1.93. The summed E-state index contributed by atoms with van der Waals surface area (Å²) in [7, 11) is 1.98. The molecule has 0 radical (unpaired) electrons. The van der Waals surface area contributed by atoms with Gasteiger partial charge in [0.1, 0.15) is 5.82 Å². The van der Waals surface area contributed by atoms with Gasteiger partial charge in [0.05, 0.1) is 0 Å². The standard InChI is InChI=1S/C15H19FN2S/c1-12(15-7-4-10-19-15)17-8-9-18(2)14-6-3-5-13(16)11-14/h3-7,10-12,17H,8-9H2,1-2H3. The van der Waals surface area contributed by atoms with Crippen molar-refractivity contribution in [3.8, 4) is 0 Å². The van der Waals surface area contributed by atoms with E-state index in [0.29, 0.717) is 6.04 Å². The molecule has 0 spiro atoms. The molecule has 2 aromatic rings. The second kappa shape index (κ2) is 6.68. The minimum Gasteiger partial charge on any atom is -0.373 e. The van der Waals surface area contributed by atoms with Crippen molar-refractivity contribution in [1.82, 2.24) is 5.32 Å². The molecule has 1 atom stereocenters. The van der Waals surface area contributed by atoms with Crippen LogP contribution < -0.4 is 10.2 Å². The molecular formula is C15H19FN2S. The second-order valence-electron chi connectivity index (χ2n) is 4.59. The van der Waals surface area contributed by atoms with E-state index in [9.17, 15) is 4.39 Å². The Morgan fingerprint density at radius 1 is 1.32 bits per heavy atom. The van der Waals surface area contributed by atoms with Crippen molar-refractivity contribution in [2.24, 2.45) is 0 Å². The molecule has 0 amide bonds. The van der Waals surface area contributed by atoms with Gasteiger partial charge in [-0.25, -0.2) is 4.39 Å². The van der Waals surface area contributed by atoms with E-state index in [2.05, 4.69) is 34.7 Å². The average Bonchev–Trinajstić information content (AvgIpc) is 2.92. The Bertz CT molecular complexity index is 499. The summed E-state index contributed by atoms with van der Waals surface area (Å²) in [6, 6.07) is 11.3. The number of nitrogens with zero attached hydrogens (tertiary/aromatic N) is 1. The molecule has 0 aliphatic rings. The molecule has 1 heterocycles. The molecule has 4 heteroatoms. The molecule has 19 heavy (non-hydrogen) atoms. The van der Waals surface area contributed by atoms with Gasteiger partial charge >= 0.3 is 0 Å². The lowest BCUT2D eigenvalue weighted by Crippen LogP contribution is -2.30. The van der Waals surface area contributed by atoms with Crippen LogP contribution >= 0.6 is 11.3 Å². The maximum atomic E-state index is 13.1. The van der Waals surface area contributed by atoms with Gasteiger partial charge in [-0.2, -0.15) is 0 Å². The van der Waals surface area contributed by atoms with E-state index >= 15 is 0 Å². The number of anilines is 1. The number of nitrogens with one attached hydrogen (secondary N) is 1. The van der Waals surface area contributed by atoms with Crippen LogP contribution in [0, 0.1) is 5.82 Å². The highest BCUT2D eigenvalue weighted by Gasteiger charge is 2.06. The lowest BCUT2D eigenvalue weighted by atomic mass is 10.2. The third-order valence-corrected chi connectivity index (χ3v) is 4.17. The van der Waals surface area contributed by atoms with Crippen LogP contribution in [0.15, 0.2) is 41.8 Å². The van der Waals surface area contributed by atoms with E-state index in [0.717, 1.165) is 18.8 Å². The minimum absolute atomic E-state index is 0.190. The van der Waals surface area contributed by atoms with Gasteiger partial charge in [0, 0.05) is 36.7 Å². The van der Waals surface area contributed by atoms with Crippen LogP contribution in [-0.4, -0.2) is 20.1 Å². The fraction of sp³-hybridized carbons (Fsp3) is 0.333. The SMILES string of the molecule is CC(NCCN(C)c1cccc(F)c1)c1cccs1. The number of benzene rings is 1. The third-order valence-electron chi connectivity index (χ3n) is 3.12. The Labute approximate surface area is 117 Å². The van der Waals surface area contributed by atoms with Gasteiger partial charge in [-0.15, -0.1) is 11.3 Å². The first-order valence-electron chi connectivity index (χ1n) is 6.40. The number of rotatable bonds is 6. The molecule has 1 aromatic carbocycles. The van der Waals surface area contributed by atoms with Crippen molar-refractivity contribution in [2.75, 3.05) is 25.0 Å². The zero-order chi connectivity index (χ0) is 13.7. The molecule has 2 rings (SSSR count). The monoisotopic (exact) mass is 278 g/mol. The summed E-state index contributed by atoms with van der Waals surface area (Å²) >= 11 is 1.76. The van der Waals surface area contributed by atoms with E-state index < -0.39 is 0 Å². The fourth-order valence-corrected chi connectivity index (χ4v) is 2.69. The van der Waals surface area contributed by atoms with Crippen LogP contribution in [0.25, 0.3) is 0 Å². The Balaban J connectivity index is 1.79. The summed E-state index contributed by atoms with van der Waals surface area (Å²) in [5.74, 6) is -0.190. The molecule has 2 nitrogen and oxygen atoms in total. The molecule has 1 unspecified atom stereocenters. The van der Waals surface area contributed by atoms with Crippen molar-refractivity contribution < 1.29 is 4.39 Å². The van der Waals surface area contributed by atoms with Gasteiger partial charge in [0.2, 0.25) is 0 Å². The molecule has 0 bridgehead atoms. The van der Waals surface area contributed by atoms with Gasteiger partial charge < -0.3 is 10.2 Å². The summed E-state index contributed by atoms with van der Waals surface area (Å²) in [4.78, 5) is 3.39. The molecule has 0 fully saturated rings. The van der Waals surface area contributed by atoms with Crippen LogP contribution in [0.3, 0.4) is 0 Å². The number of thiophene rings is 1. The molecule has 0 aliphatic heterocycles. The summed E-state index contributed by atoms with van der Waals surface area (Å²) in [6.45, 7) is 3.87. The molecular weight excluding hydrogens is 259 g/mol. The van der Waals surface area contributed by atoms with Crippen LogP contribution in [0.4, 0.5) is 10.1 Å². The highest BCUT2D eigenvalue weighted by atomic mass is 32.1. The minimum atomic E-state index is -0.190. The first-order chi connectivity index (χ1) is 9.16. The highest BCUT2D eigenvalue weighted by Crippen LogP contribution is 2.18. The van der Waals surface area contributed by atoms with Crippen molar-refractivity contribution in [2.45, 2.75) is 13.0 Å². The Morgan fingerprint density at radius 2 is 2.16 bits per heavy atom. The Kier molecular flexibility index (Phi) is 4.93. The van der Waals surface area contributed by atoms with Gasteiger partial charge in [0.25, 0.3) is 0 Å². The molecule has 0 aliphatic carbocycles. The average molecular weight is 278 g/mol. The van der Waals surface area contributed by atoms with Gasteiger partial charge in [-0.3, -0.25) is 0 Å². The number of halogens is 1. The number of likely N-dealkylation sites (N-methyl/N-ethyl adjacent to an activating group) is 1. The van der Waals surface area contributed by atoms with Crippen LogP contribution in [0.2, 0.25) is 0 Å². The quantitative estimate of drug-likeness (QED) is 0.867. The molecule has 1 N–H and O–H groups in total. The van der Waals surface area contributed by atoms with Crippen molar-refractivity contribution in [3.63, 3.8) is 0 Å². The summed E-state index contributed by atoms with van der Waals surface area (Å²) < 4.78 is 13.1. The van der Waals surface area contributed by atoms with E-state index in [4.69, 9.17) is 0 Å². The zero-order valence-electron chi connectivity index (χ0n) is 11.3. The van der Waals surface area contributed by atoms with Crippen molar-refractivity contribution >= 4 is 17.0 Å². The highest BCUT2D eigenvalue weighted by molar-refractivity contribution is 7.10. The largest absolute Gasteiger partial charge is 0.373 e. The van der Waals surface area contributed by atoms with E-state index in [-0.39, 0.29) is 5.82 Å². The van der Waals surface area contributed by atoms with Gasteiger partial charge in [0.15, 0.2) is 0 Å². The van der Waals surface area contributed by atoms with Crippen molar-refractivity contribution in [3.05, 3.63) is 52.5 Å². The molecule has 1 aromatic heterocycles. The first-order valence-corrected chi connectivity index (χ1v) is 7.28. The zero-order valence-corrected chi connectivity index (χ0v) is 12.1. The lowest BCUT2D eigenvalue weighted by Gasteiger charge is -2.21. The molecule has 102 valence electrons. The predicted molar refractivity (Wildman–Crippen MR) is 80.4 cm³/mol. The maximum Gasteiger partial charge on any atom is 0.125 e.